The van der Waals surface area contributed by atoms with Crippen LogP contribution in [0.3, 0.4) is 0 Å². The van der Waals surface area contributed by atoms with Gasteiger partial charge in [-0.3, -0.25) is 19.7 Å². The molecule has 1 unspecified atom stereocenters. The van der Waals surface area contributed by atoms with Gasteiger partial charge in [-0.1, -0.05) is 42.1 Å². The minimum Gasteiger partial charge on any atom is -0.481 e. The maximum atomic E-state index is 12.2. The molecule has 1 aromatic rings. The number of aliphatic carboxylic acids is 1. The average Bonchev–Trinajstić information content (AvgIpc) is 2.88. The molecule has 3 rings (SSSR count). The lowest BCUT2D eigenvalue weighted by Gasteiger charge is -2.36. The number of carboxylic acid groups (broad SMARTS) is 1. The van der Waals surface area contributed by atoms with Crippen LogP contribution in [-0.4, -0.2) is 84.2 Å². The Balaban J connectivity index is 0.000000482. The van der Waals surface area contributed by atoms with E-state index >= 15 is 0 Å². The van der Waals surface area contributed by atoms with Crippen molar-refractivity contribution in [2.24, 2.45) is 9.98 Å². The summed E-state index contributed by atoms with van der Waals surface area (Å²) in [5.74, 6) is 0.880. The number of aliphatic imine (C=N–C) groups is 2. The molecule has 0 aliphatic carbocycles. The number of nitrogens with zero attached hydrogens (tertiary/aromatic N) is 3. The molecule has 12 heteroatoms. The zero-order valence-corrected chi connectivity index (χ0v) is 22.6. The fraction of sp³-hybridized carbons (Fsp3) is 0.417. The lowest BCUT2D eigenvalue weighted by atomic mass is 10.1. The molecular formula is C24H30ClFN4O4S2. The summed E-state index contributed by atoms with van der Waals surface area (Å²) in [6.07, 6.45) is 0.714. The van der Waals surface area contributed by atoms with Crippen molar-refractivity contribution >= 4 is 57.9 Å². The lowest BCUT2D eigenvalue weighted by molar-refractivity contribution is -0.137. The minimum absolute atomic E-state index is 0.132. The predicted molar refractivity (Wildman–Crippen MR) is 147 cm³/mol. The van der Waals surface area contributed by atoms with E-state index in [1.165, 1.54) is 31.0 Å². The Hall–Kier alpha value is -2.34. The van der Waals surface area contributed by atoms with Gasteiger partial charge < -0.3 is 15.2 Å². The van der Waals surface area contributed by atoms with Crippen molar-refractivity contribution in [3.8, 4) is 0 Å². The Morgan fingerprint density at radius 2 is 2.22 bits per heavy atom. The third-order valence-electron chi connectivity index (χ3n) is 5.29. The van der Waals surface area contributed by atoms with E-state index in [0.29, 0.717) is 29.4 Å². The lowest BCUT2D eigenvalue weighted by Crippen LogP contribution is -2.47. The molecule has 0 aromatic heterocycles. The van der Waals surface area contributed by atoms with Gasteiger partial charge in [0.25, 0.3) is 0 Å². The first-order valence-corrected chi connectivity index (χ1v) is 13.5. The molecule has 0 amide bonds. The van der Waals surface area contributed by atoms with Gasteiger partial charge in [-0.2, -0.15) is 11.8 Å². The van der Waals surface area contributed by atoms with E-state index in [1.54, 1.807) is 24.6 Å². The van der Waals surface area contributed by atoms with E-state index in [-0.39, 0.29) is 29.8 Å². The molecule has 0 radical (unpaired) electrons. The second kappa shape index (κ2) is 15.7. The Kier molecular flexibility index (Phi) is 13.0. The van der Waals surface area contributed by atoms with E-state index in [9.17, 15) is 14.0 Å². The topological polar surface area (TPSA) is 104 Å². The highest BCUT2D eigenvalue weighted by Gasteiger charge is 2.29. The maximum Gasteiger partial charge on any atom is 0.337 e. The highest BCUT2D eigenvalue weighted by molar-refractivity contribution is 8.18. The first kappa shape index (κ1) is 29.9. The maximum absolute atomic E-state index is 12.2. The quantitative estimate of drug-likeness (QED) is 0.280. The molecule has 1 atom stereocenters. The highest BCUT2D eigenvalue weighted by atomic mass is 35.5. The molecule has 0 saturated carbocycles. The second-order valence-corrected chi connectivity index (χ2v) is 10.1. The Morgan fingerprint density at radius 3 is 2.81 bits per heavy atom. The molecular weight excluding hydrogens is 527 g/mol. The van der Waals surface area contributed by atoms with E-state index in [0.717, 1.165) is 23.7 Å². The van der Waals surface area contributed by atoms with Crippen molar-refractivity contribution in [3.05, 3.63) is 58.4 Å². The van der Waals surface area contributed by atoms with Crippen LogP contribution in [0, 0.1) is 5.82 Å². The summed E-state index contributed by atoms with van der Waals surface area (Å²) in [6, 6.07) is 6.26. The molecule has 2 aliphatic rings. The van der Waals surface area contributed by atoms with Crippen LogP contribution >= 0.6 is 35.1 Å². The highest BCUT2D eigenvalue weighted by Crippen LogP contribution is 2.23. The van der Waals surface area contributed by atoms with Crippen LogP contribution in [0.15, 0.2) is 57.5 Å². The van der Waals surface area contributed by atoms with Gasteiger partial charge in [-0.25, -0.2) is 9.18 Å². The molecule has 2 N–H and O–H groups in total. The Labute approximate surface area is 224 Å². The molecule has 196 valence electrons. The van der Waals surface area contributed by atoms with Crippen LogP contribution in [0.4, 0.5) is 4.39 Å². The van der Waals surface area contributed by atoms with E-state index in [1.807, 2.05) is 11.8 Å². The summed E-state index contributed by atoms with van der Waals surface area (Å²) in [4.78, 5) is 34.1. The van der Waals surface area contributed by atoms with Gasteiger partial charge in [0.05, 0.1) is 24.3 Å². The summed E-state index contributed by atoms with van der Waals surface area (Å²) >= 11 is 8.52. The Morgan fingerprint density at radius 1 is 1.47 bits per heavy atom. The molecule has 1 saturated heterocycles. The average molecular weight is 557 g/mol. The van der Waals surface area contributed by atoms with Gasteiger partial charge in [0.1, 0.15) is 10.9 Å². The Bertz CT molecular complexity index is 1010. The van der Waals surface area contributed by atoms with Crippen molar-refractivity contribution in [2.45, 2.75) is 18.9 Å². The van der Waals surface area contributed by atoms with E-state index < -0.39 is 11.9 Å². The van der Waals surface area contributed by atoms with Gasteiger partial charge in [0.15, 0.2) is 5.84 Å². The van der Waals surface area contributed by atoms with Crippen LogP contribution in [-0.2, 0) is 14.3 Å². The van der Waals surface area contributed by atoms with Gasteiger partial charge in [-0.05, 0) is 24.0 Å². The van der Waals surface area contributed by atoms with Gasteiger partial charge in [0, 0.05) is 49.8 Å². The van der Waals surface area contributed by atoms with Crippen molar-refractivity contribution in [3.63, 3.8) is 0 Å². The standard InChI is InChI=1S/C18H26N4O4S2.C6H4ClF/c1-4-28-17(19-2)16-20-9-13(18(25)26-3)14(21-16)10-22-7-8-27-11-12(22)5-6-15(23)24;7-5-3-1-2-4-6(5)8/h4,12H,1,5-11H2,2-3H3,(H,20,21)(H,23,24);1-4H. The number of carbonyl (C=O) groups is 2. The number of carbonyl (C=O) groups excluding carboxylic acids is 1. The van der Waals surface area contributed by atoms with Crippen LogP contribution in [0.2, 0.25) is 5.02 Å². The summed E-state index contributed by atoms with van der Waals surface area (Å²) in [5, 5.41) is 14.8. The zero-order chi connectivity index (χ0) is 26.5. The summed E-state index contributed by atoms with van der Waals surface area (Å²) < 4.78 is 17.1. The molecule has 1 fully saturated rings. The predicted octanol–water partition coefficient (Wildman–Crippen LogP) is 4.08. The molecule has 1 aromatic carbocycles. The monoisotopic (exact) mass is 556 g/mol. The zero-order valence-electron chi connectivity index (χ0n) is 20.2. The van der Waals surface area contributed by atoms with Crippen molar-refractivity contribution in [1.29, 1.82) is 0 Å². The second-order valence-electron chi connectivity index (χ2n) is 7.60. The number of hydrogen-bond donors (Lipinski definition) is 2. The van der Waals surface area contributed by atoms with Gasteiger partial charge in [-0.15, -0.1) is 0 Å². The molecule has 2 heterocycles. The first-order chi connectivity index (χ1) is 17.3. The normalized spacial score (nSPS) is 18.4. The van der Waals surface area contributed by atoms with Crippen LogP contribution in [0.5, 0.6) is 0 Å². The van der Waals surface area contributed by atoms with Crippen molar-refractivity contribution in [2.75, 3.05) is 45.3 Å². The number of benzene rings is 1. The van der Waals surface area contributed by atoms with Gasteiger partial charge in [0.2, 0.25) is 0 Å². The molecule has 0 spiro atoms. The molecule has 8 nitrogen and oxygen atoms in total. The fourth-order valence-corrected chi connectivity index (χ4v) is 5.27. The van der Waals surface area contributed by atoms with E-state index in [2.05, 4.69) is 26.8 Å². The number of thioether (sulfide) groups is 2. The number of halogens is 2. The fourth-order valence-electron chi connectivity index (χ4n) is 3.47. The van der Waals surface area contributed by atoms with E-state index in [4.69, 9.17) is 21.4 Å². The number of methoxy groups -OCH3 is 1. The van der Waals surface area contributed by atoms with Crippen molar-refractivity contribution in [1.82, 2.24) is 10.2 Å². The van der Waals surface area contributed by atoms with Crippen LogP contribution in [0.25, 0.3) is 0 Å². The largest absolute Gasteiger partial charge is 0.481 e. The molecule has 36 heavy (non-hydrogen) atoms. The SMILES string of the molecule is C=CSC(=NC)C1=NCC(C(=O)OC)=C(CN2CCSCC2CCC(=O)O)N1.Fc1ccccc1Cl. The third kappa shape index (κ3) is 9.27. The minimum atomic E-state index is -0.791. The number of carboxylic acids is 1. The summed E-state index contributed by atoms with van der Waals surface area (Å²) in [6.45, 7) is 5.26. The third-order valence-corrected chi connectivity index (χ3v) is 7.45. The number of hydrogen-bond acceptors (Lipinski definition) is 9. The number of nitrogens with one attached hydrogen (secondary N) is 1. The van der Waals surface area contributed by atoms with Gasteiger partial charge >= 0.3 is 11.9 Å². The smallest absolute Gasteiger partial charge is 0.337 e. The molecule has 0 bridgehead atoms. The first-order valence-electron chi connectivity index (χ1n) is 11.1. The number of esters is 1. The number of amidine groups is 1. The summed E-state index contributed by atoms with van der Waals surface area (Å²) in [7, 11) is 3.03. The van der Waals surface area contributed by atoms with Crippen LogP contribution < -0.4 is 5.32 Å². The summed E-state index contributed by atoms with van der Waals surface area (Å²) in [5.41, 5.74) is 1.22. The number of ether oxygens (including phenoxy) is 1. The van der Waals surface area contributed by atoms with Crippen LogP contribution in [0.1, 0.15) is 12.8 Å². The number of rotatable bonds is 8. The van der Waals surface area contributed by atoms with Crippen molar-refractivity contribution < 1.29 is 23.8 Å². The molecule has 2 aliphatic heterocycles.